The maximum atomic E-state index is 11.2. The molecule has 1 aromatic carbocycles. The second kappa shape index (κ2) is 5.58. The molecule has 0 spiro atoms. The van der Waals surface area contributed by atoms with Gasteiger partial charge in [-0.25, -0.2) is 0 Å². The van der Waals surface area contributed by atoms with Crippen molar-refractivity contribution in [3.8, 4) is 11.5 Å². The second-order valence-corrected chi connectivity index (χ2v) is 4.79. The molecule has 5 nitrogen and oxygen atoms in total. The Hall–Kier alpha value is -1.27. The van der Waals surface area contributed by atoms with Crippen molar-refractivity contribution in [1.29, 1.82) is 0 Å². The summed E-state index contributed by atoms with van der Waals surface area (Å²) in [6.07, 6.45) is 0. The molecule has 0 aliphatic carbocycles. The Morgan fingerprint density at radius 2 is 2.33 bits per heavy atom. The molecule has 18 heavy (non-hydrogen) atoms. The number of esters is 1. The fraction of sp³-hybridized carbons (Fsp3) is 0.417. The summed E-state index contributed by atoms with van der Waals surface area (Å²) >= 11 is 3.42. The van der Waals surface area contributed by atoms with E-state index in [2.05, 4.69) is 26.0 Å². The monoisotopic (exact) mass is 315 g/mol. The van der Waals surface area contributed by atoms with Crippen molar-refractivity contribution in [2.45, 2.75) is 19.5 Å². The van der Waals surface area contributed by atoms with Crippen molar-refractivity contribution in [3.63, 3.8) is 0 Å². The second-order valence-electron chi connectivity index (χ2n) is 3.94. The summed E-state index contributed by atoms with van der Waals surface area (Å²) in [4.78, 5) is 11.2. The fourth-order valence-corrected chi connectivity index (χ4v) is 2.26. The quantitative estimate of drug-likeness (QED) is 0.859. The number of benzene rings is 1. The minimum Gasteiger partial charge on any atom is -0.468 e. The van der Waals surface area contributed by atoms with Gasteiger partial charge in [-0.05, 0) is 40.5 Å². The average molecular weight is 316 g/mol. The van der Waals surface area contributed by atoms with Gasteiger partial charge < -0.3 is 19.5 Å². The Morgan fingerprint density at radius 3 is 3.06 bits per heavy atom. The lowest BCUT2D eigenvalue weighted by atomic mass is 10.2. The van der Waals surface area contributed by atoms with Gasteiger partial charge in [0.05, 0.1) is 11.6 Å². The molecule has 0 bridgehead atoms. The van der Waals surface area contributed by atoms with E-state index in [9.17, 15) is 4.79 Å². The van der Waals surface area contributed by atoms with Gasteiger partial charge in [0.1, 0.15) is 6.04 Å². The number of halogens is 1. The standard InChI is InChI=1S/C12H14BrNO4/c1-7(12(15)16-2)14-5-8-3-9(13)11-10(4-8)17-6-18-11/h3-4,7,14H,5-6H2,1-2H3. The number of carbonyl (C=O) groups is 1. The van der Waals surface area contributed by atoms with Crippen LogP contribution >= 0.6 is 15.9 Å². The Morgan fingerprint density at radius 1 is 1.56 bits per heavy atom. The zero-order valence-corrected chi connectivity index (χ0v) is 11.7. The zero-order valence-electron chi connectivity index (χ0n) is 10.2. The SMILES string of the molecule is COC(=O)C(C)NCc1cc(Br)c2c(c1)OCO2. The highest BCUT2D eigenvalue weighted by atomic mass is 79.9. The molecule has 6 heteroatoms. The van der Waals surface area contributed by atoms with Crippen molar-refractivity contribution in [2.75, 3.05) is 13.9 Å². The highest BCUT2D eigenvalue weighted by molar-refractivity contribution is 9.10. The minimum absolute atomic E-state index is 0.239. The van der Waals surface area contributed by atoms with E-state index in [-0.39, 0.29) is 18.8 Å². The lowest BCUT2D eigenvalue weighted by Crippen LogP contribution is -2.34. The molecule has 1 unspecified atom stereocenters. The van der Waals surface area contributed by atoms with Gasteiger partial charge >= 0.3 is 5.97 Å². The number of carbonyl (C=O) groups excluding carboxylic acids is 1. The number of methoxy groups -OCH3 is 1. The number of rotatable bonds is 4. The molecule has 0 amide bonds. The summed E-state index contributed by atoms with van der Waals surface area (Å²) in [7, 11) is 1.37. The molecule has 98 valence electrons. The molecule has 0 saturated heterocycles. The largest absolute Gasteiger partial charge is 0.468 e. The van der Waals surface area contributed by atoms with Crippen molar-refractivity contribution in [1.82, 2.24) is 5.32 Å². The number of nitrogens with one attached hydrogen (secondary N) is 1. The van der Waals surface area contributed by atoms with E-state index in [1.165, 1.54) is 7.11 Å². The minimum atomic E-state index is -0.348. The van der Waals surface area contributed by atoms with Crippen molar-refractivity contribution in [2.24, 2.45) is 0 Å². The predicted molar refractivity (Wildman–Crippen MR) is 68.6 cm³/mol. The molecule has 0 aromatic heterocycles. The van der Waals surface area contributed by atoms with Crippen molar-refractivity contribution in [3.05, 3.63) is 22.2 Å². The number of ether oxygens (including phenoxy) is 3. The van der Waals surface area contributed by atoms with Gasteiger partial charge in [0.2, 0.25) is 6.79 Å². The van der Waals surface area contributed by atoms with E-state index in [0.29, 0.717) is 12.3 Å². The third-order valence-electron chi connectivity index (χ3n) is 2.65. The average Bonchev–Trinajstić information content (AvgIpc) is 2.83. The number of fused-ring (bicyclic) bond motifs is 1. The zero-order chi connectivity index (χ0) is 13.1. The van der Waals surface area contributed by atoms with Gasteiger partial charge in [0.15, 0.2) is 11.5 Å². The maximum absolute atomic E-state index is 11.2. The van der Waals surface area contributed by atoms with Crippen LogP contribution in [-0.2, 0) is 16.1 Å². The highest BCUT2D eigenvalue weighted by Crippen LogP contribution is 2.39. The summed E-state index contributed by atoms with van der Waals surface area (Å²) in [5.74, 6) is 1.15. The molecule has 2 rings (SSSR count). The first-order valence-corrected chi connectivity index (χ1v) is 6.30. The summed E-state index contributed by atoms with van der Waals surface area (Å²) < 4.78 is 16.1. The molecule has 0 saturated carbocycles. The van der Waals surface area contributed by atoms with E-state index in [1.807, 2.05) is 12.1 Å². The number of hydrogen-bond donors (Lipinski definition) is 1. The van der Waals surface area contributed by atoms with Crippen LogP contribution in [0.15, 0.2) is 16.6 Å². The van der Waals surface area contributed by atoms with E-state index in [0.717, 1.165) is 15.8 Å². The third-order valence-corrected chi connectivity index (χ3v) is 3.24. The van der Waals surface area contributed by atoms with Gasteiger partial charge in [-0.3, -0.25) is 4.79 Å². The van der Waals surface area contributed by atoms with Crippen LogP contribution in [0.3, 0.4) is 0 Å². The van der Waals surface area contributed by atoms with Crippen LogP contribution in [0.1, 0.15) is 12.5 Å². The molecule has 1 aromatic rings. The van der Waals surface area contributed by atoms with Crippen LogP contribution < -0.4 is 14.8 Å². The number of hydrogen-bond acceptors (Lipinski definition) is 5. The summed E-state index contributed by atoms with van der Waals surface area (Å²) in [6.45, 7) is 2.54. The Balaban J connectivity index is 2.02. The Labute approximate surface area is 114 Å². The molecule has 0 radical (unpaired) electrons. The predicted octanol–water partition coefficient (Wildman–Crippen LogP) is 1.83. The molecule has 1 aliphatic rings. The Kier molecular flexibility index (Phi) is 4.08. The topological polar surface area (TPSA) is 56.8 Å². The van der Waals surface area contributed by atoms with Crippen LogP contribution in [0.2, 0.25) is 0 Å². The molecule has 1 aliphatic heterocycles. The van der Waals surface area contributed by atoms with Crippen molar-refractivity contribution >= 4 is 21.9 Å². The normalized spacial score (nSPS) is 14.4. The van der Waals surface area contributed by atoms with Crippen molar-refractivity contribution < 1.29 is 19.0 Å². The van der Waals surface area contributed by atoms with E-state index < -0.39 is 0 Å². The summed E-state index contributed by atoms with van der Waals surface area (Å²) in [5.41, 5.74) is 1.00. The van der Waals surface area contributed by atoms with Crippen LogP contribution in [0.5, 0.6) is 11.5 Å². The molecule has 1 atom stereocenters. The Bertz CT molecular complexity index is 464. The summed E-state index contributed by atoms with van der Waals surface area (Å²) in [5, 5.41) is 3.08. The smallest absolute Gasteiger partial charge is 0.322 e. The molecular formula is C12H14BrNO4. The van der Waals surface area contributed by atoms with Gasteiger partial charge in [-0.1, -0.05) is 0 Å². The highest BCUT2D eigenvalue weighted by Gasteiger charge is 2.18. The van der Waals surface area contributed by atoms with E-state index >= 15 is 0 Å². The van der Waals surface area contributed by atoms with E-state index in [1.54, 1.807) is 6.92 Å². The van der Waals surface area contributed by atoms with Gasteiger partial charge in [0, 0.05) is 6.54 Å². The maximum Gasteiger partial charge on any atom is 0.322 e. The lowest BCUT2D eigenvalue weighted by Gasteiger charge is -2.12. The van der Waals surface area contributed by atoms with Crippen LogP contribution in [0, 0.1) is 0 Å². The summed E-state index contributed by atoms with van der Waals surface area (Å²) in [6, 6.07) is 3.48. The molecular weight excluding hydrogens is 302 g/mol. The van der Waals surface area contributed by atoms with Crippen LogP contribution in [0.4, 0.5) is 0 Å². The van der Waals surface area contributed by atoms with Crippen LogP contribution in [0.25, 0.3) is 0 Å². The third kappa shape index (κ3) is 2.76. The van der Waals surface area contributed by atoms with Gasteiger partial charge in [-0.2, -0.15) is 0 Å². The molecule has 1 heterocycles. The molecule has 0 fully saturated rings. The first-order chi connectivity index (χ1) is 8.61. The van der Waals surface area contributed by atoms with Gasteiger partial charge in [-0.15, -0.1) is 0 Å². The van der Waals surface area contributed by atoms with Crippen LogP contribution in [-0.4, -0.2) is 25.9 Å². The fourth-order valence-electron chi connectivity index (χ4n) is 1.65. The van der Waals surface area contributed by atoms with Gasteiger partial charge in [0.25, 0.3) is 0 Å². The van der Waals surface area contributed by atoms with E-state index in [4.69, 9.17) is 9.47 Å². The molecule has 1 N–H and O–H groups in total. The first-order valence-electron chi connectivity index (χ1n) is 5.51. The first kappa shape index (κ1) is 13.2. The lowest BCUT2D eigenvalue weighted by molar-refractivity contribution is -0.142.